The molecule has 0 radical (unpaired) electrons. The molecule has 7 nitrogen and oxygen atoms in total. The lowest BCUT2D eigenvalue weighted by Gasteiger charge is -2.32. The molecule has 0 amide bonds. The number of phenols is 1. The first kappa shape index (κ1) is 29.7. The van der Waals surface area contributed by atoms with Gasteiger partial charge in [-0.15, -0.1) is 0 Å². The van der Waals surface area contributed by atoms with Gasteiger partial charge in [-0.2, -0.15) is 0 Å². The Hall–Kier alpha value is -2.90. The third-order valence-electron chi connectivity index (χ3n) is 7.80. The molecule has 0 saturated heterocycles. The topological polar surface area (TPSA) is 114 Å². The van der Waals surface area contributed by atoms with Gasteiger partial charge in [-0.05, 0) is 104 Å². The second-order valence-corrected chi connectivity index (χ2v) is 11.1. The minimum atomic E-state index is -0.219. The first-order valence-electron chi connectivity index (χ1n) is 13.9. The summed E-state index contributed by atoms with van der Waals surface area (Å²) in [6.07, 6.45) is 17.7. The van der Waals surface area contributed by atoms with Crippen molar-refractivity contribution in [3.8, 4) is 11.5 Å². The predicted octanol–water partition coefficient (Wildman–Crippen LogP) is 4.79. The highest BCUT2D eigenvalue weighted by Crippen LogP contribution is 2.47. The first-order valence-corrected chi connectivity index (χ1v) is 13.9. The molecule has 2 aliphatic rings. The molecule has 1 heterocycles. The lowest BCUT2D eigenvalue weighted by molar-refractivity contribution is -0.124. The van der Waals surface area contributed by atoms with Crippen LogP contribution in [-0.2, 0) is 16.0 Å². The maximum absolute atomic E-state index is 12.6. The minimum absolute atomic E-state index is 0.000470. The van der Waals surface area contributed by atoms with Crippen molar-refractivity contribution in [3.05, 3.63) is 53.3 Å². The van der Waals surface area contributed by atoms with Gasteiger partial charge in [0.25, 0.3) is 0 Å². The zero-order valence-corrected chi connectivity index (χ0v) is 23.2. The van der Waals surface area contributed by atoms with E-state index in [4.69, 9.17) is 10.5 Å². The average molecular weight is 524 g/mol. The molecule has 0 spiro atoms. The number of ether oxygens (including phenoxy) is 1. The summed E-state index contributed by atoms with van der Waals surface area (Å²) in [7, 11) is 3.49. The zero-order valence-electron chi connectivity index (χ0n) is 23.2. The van der Waals surface area contributed by atoms with Crippen LogP contribution in [0.15, 0.2) is 42.1 Å². The van der Waals surface area contributed by atoms with E-state index in [9.17, 15) is 14.7 Å². The van der Waals surface area contributed by atoms with Crippen LogP contribution in [0.4, 0.5) is 0 Å². The number of phenolic OH excluding ortho intramolecular Hbond substituents is 1. The Bertz CT molecular complexity index is 1050. The Kier molecular flexibility index (Phi) is 11.2. The normalized spacial score (nSPS) is 19.3. The van der Waals surface area contributed by atoms with Gasteiger partial charge < -0.3 is 26.2 Å². The maximum Gasteiger partial charge on any atom is 0.163 e. The molecular formula is C31H45N3O4. The Balaban J connectivity index is 1.56. The van der Waals surface area contributed by atoms with Crippen molar-refractivity contribution >= 4 is 17.6 Å². The number of carbonyl (C=O) groups is 2. The van der Waals surface area contributed by atoms with Crippen molar-refractivity contribution in [3.63, 3.8) is 0 Å². The summed E-state index contributed by atoms with van der Waals surface area (Å²) in [4.78, 5) is 25.3. The van der Waals surface area contributed by atoms with Crippen LogP contribution in [0, 0.1) is 11.3 Å². The summed E-state index contributed by atoms with van der Waals surface area (Å²) in [5.74, 6) is 0.778. The molecule has 0 bridgehead atoms. The summed E-state index contributed by atoms with van der Waals surface area (Å²) in [5, 5.41) is 16.6. The maximum atomic E-state index is 12.6. The number of carbonyl (C=O) groups excluding carboxylic acids is 2. The molecule has 38 heavy (non-hydrogen) atoms. The summed E-state index contributed by atoms with van der Waals surface area (Å²) in [5.41, 5.74) is 8.76. The second kappa shape index (κ2) is 14.3. The van der Waals surface area contributed by atoms with E-state index >= 15 is 0 Å². The van der Waals surface area contributed by atoms with E-state index in [1.54, 1.807) is 18.2 Å². The number of dihydropyridines is 1. The van der Waals surface area contributed by atoms with Crippen LogP contribution in [0.1, 0.15) is 75.8 Å². The smallest absolute Gasteiger partial charge is 0.163 e. The Morgan fingerprint density at radius 2 is 2.08 bits per heavy atom. The van der Waals surface area contributed by atoms with Gasteiger partial charge in [0.1, 0.15) is 5.78 Å². The Labute approximate surface area is 227 Å². The number of Topliss-reactive ketones (excluding diaryl/α,β-unsaturated/α-hetero) is 1. The van der Waals surface area contributed by atoms with Gasteiger partial charge in [0.05, 0.1) is 19.7 Å². The number of rotatable bonds is 15. The van der Waals surface area contributed by atoms with Crippen LogP contribution in [0.25, 0.3) is 6.08 Å². The van der Waals surface area contributed by atoms with E-state index < -0.39 is 0 Å². The molecule has 1 aromatic carbocycles. The molecule has 1 aliphatic heterocycles. The van der Waals surface area contributed by atoms with Crippen molar-refractivity contribution in [1.29, 1.82) is 0 Å². The van der Waals surface area contributed by atoms with Crippen molar-refractivity contribution in [2.24, 2.45) is 17.1 Å². The van der Waals surface area contributed by atoms with Gasteiger partial charge in [-0.25, -0.2) is 0 Å². The quantitative estimate of drug-likeness (QED) is 0.193. The molecule has 208 valence electrons. The standard InChI is InChI=1S/C31H45N3O4/c1-22(20-33-2)19-31(12-4-5-13-31)14-6-7-26(35)18-27(36)10-9-24-17-29(38-3)28(37)16-25(24)15-23-8-11-30(32)34-21-23/h8-11,16-17,21-22,30,33-34,37H,4-7,12-15,18-20,32H2,1-3H3. The van der Waals surface area contributed by atoms with E-state index in [-0.39, 0.29) is 29.9 Å². The molecule has 5 N–H and O–H groups in total. The molecule has 1 aliphatic carbocycles. The molecule has 1 aromatic rings. The molecule has 2 atom stereocenters. The third kappa shape index (κ3) is 8.84. The molecule has 3 rings (SSSR count). The molecule has 1 saturated carbocycles. The van der Waals surface area contributed by atoms with E-state index in [1.807, 2.05) is 25.4 Å². The highest BCUT2D eigenvalue weighted by molar-refractivity contribution is 6.06. The largest absolute Gasteiger partial charge is 0.504 e. The van der Waals surface area contributed by atoms with Crippen LogP contribution in [0.2, 0.25) is 0 Å². The van der Waals surface area contributed by atoms with E-state index in [1.165, 1.54) is 45.3 Å². The van der Waals surface area contributed by atoms with Crippen LogP contribution < -0.4 is 21.1 Å². The highest BCUT2D eigenvalue weighted by atomic mass is 16.5. The van der Waals surface area contributed by atoms with Gasteiger partial charge in [0.2, 0.25) is 0 Å². The van der Waals surface area contributed by atoms with Crippen LogP contribution >= 0.6 is 0 Å². The second-order valence-electron chi connectivity index (χ2n) is 11.1. The van der Waals surface area contributed by atoms with Crippen LogP contribution in [0.5, 0.6) is 11.5 Å². The molecule has 2 unspecified atom stereocenters. The molecule has 1 fully saturated rings. The van der Waals surface area contributed by atoms with Crippen molar-refractivity contribution < 1.29 is 19.4 Å². The fourth-order valence-corrected chi connectivity index (χ4v) is 5.99. The van der Waals surface area contributed by atoms with Crippen LogP contribution in [-0.4, -0.2) is 43.5 Å². The number of nitrogens with two attached hydrogens (primary N) is 1. The summed E-state index contributed by atoms with van der Waals surface area (Å²) >= 11 is 0. The van der Waals surface area contributed by atoms with Gasteiger partial charge in [-0.1, -0.05) is 31.9 Å². The van der Waals surface area contributed by atoms with E-state index in [0.29, 0.717) is 29.9 Å². The number of hydrogen-bond donors (Lipinski definition) is 4. The number of methoxy groups -OCH3 is 1. The molecular weight excluding hydrogens is 478 g/mol. The minimum Gasteiger partial charge on any atom is -0.504 e. The lowest BCUT2D eigenvalue weighted by atomic mass is 9.74. The monoisotopic (exact) mass is 523 g/mol. The SMILES string of the molecule is CNCC(C)CC1(CCCC(=O)CC(=O)C=Cc2cc(OC)c(O)cc2CC2=CNC(N)C=C2)CCCC1. The summed E-state index contributed by atoms with van der Waals surface area (Å²) in [6.45, 7) is 3.33. The van der Waals surface area contributed by atoms with Crippen molar-refractivity contribution in [2.45, 2.75) is 77.3 Å². The number of ketones is 2. The van der Waals surface area contributed by atoms with Crippen LogP contribution in [0.3, 0.4) is 0 Å². The van der Waals surface area contributed by atoms with E-state index in [2.05, 4.69) is 17.6 Å². The third-order valence-corrected chi connectivity index (χ3v) is 7.80. The Morgan fingerprint density at radius 1 is 1.32 bits per heavy atom. The lowest BCUT2D eigenvalue weighted by Crippen LogP contribution is -2.33. The Morgan fingerprint density at radius 3 is 2.74 bits per heavy atom. The summed E-state index contributed by atoms with van der Waals surface area (Å²) < 4.78 is 5.26. The highest BCUT2D eigenvalue weighted by Gasteiger charge is 2.34. The number of benzene rings is 1. The zero-order chi connectivity index (χ0) is 27.5. The fourth-order valence-electron chi connectivity index (χ4n) is 5.99. The predicted molar refractivity (Wildman–Crippen MR) is 153 cm³/mol. The summed E-state index contributed by atoms with van der Waals surface area (Å²) in [6, 6.07) is 3.35. The van der Waals surface area contributed by atoms with Crippen molar-refractivity contribution in [2.75, 3.05) is 20.7 Å². The van der Waals surface area contributed by atoms with Gasteiger partial charge in [0.15, 0.2) is 17.3 Å². The number of aromatic hydroxyl groups is 1. The molecule has 7 heteroatoms. The van der Waals surface area contributed by atoms with Gasteiger partial charge in [0, 0.05) is 12.6 Å². The fraction of sp³-hybridized carbons (Fsp3) is 0.548. The van der Waals surface area contributed by atoms with Crippen molar-refractivity contribution in [1.82, 2.24) is 10.6 Å². The number of hydrogen-bond acceptors (Lipinski definition) is 7. The average Bonchev–Trinajstić information content (AvgIpc) is 3.33. The number of nitrogens with one attached hydrogen (secondary N) is 2. The van der Waals surface area contributed by atoms with E-state index in [0.717, 1.165) is 36.1 Å². The van der Waals surface area contributed by atoms with Gasteiger partial charge in [-0.3, -0.25) is 9.59 Å². The first-order chi connectivity index (χ1) is 18.2. The van der Waals surface area contributed by atoms with Gasteiger partial charge >= 0.3 is 0 Å². The number of allylic oxidation sites excluding steroid dienone is 3. The molecule has 0 aromatic heterocycles.